The lowest BCUT2D eigenvalue weighted by atomic mass is 10.4. The van der Waals surface area contributed by atoms with E-state index in [-0.39, 0.29) is 11.7 Å². The van der Waals surface area contributed by atoms with Crippen LogP contribution in [0.3, 0.4) is 0 Å². The smallest absolute Gasteiger partial charge is 0.244 e. The minimum absolute atomic E-state index is 0.00907. The number of amidine groups is 1. The van der Waals surface area contributed by atoms with Gasteiger partial charge >= 0.3 is 0 Å². The molecule has 6 heteroatoms. The third-order valence-corrected chi connectivity index (χ3v) is 1.48. The van der Waals surface area contributed by atoms with E-state index in [0.717, 1.165) is 4.68 Å². The molecule has 1 aromatic rings. The molecule has 1 amide bonds. The standard InChI is InChI=1S/C8H10N4O2/c1-5(13)11-8(9)7-3-4-10-12(7)6(2)14/h3-4H,1-2H3,(H2,9,11,13). The van der Waals surface area contributed by atoms with Crippen LogP contribution in [0.15, 0.2) is 17.3 Å². The zero-order valence-electron chi connectivity index (χ0n) is 7.89. The van der Waals surface area contributed by atoms with Gasteiger partial charge in [0.05, 0.1) is 6.20 Å². The second-order valence-corrected chi connectivity index (χ2v) is 2.66. The Kier molecular flexibility index (Phi) is 2.76. The van der Waals surface area contributed by atoms with Gasteiger partial charge in [0.1, 0.15) is 5.69 Å². The quantitative estimate of drug-likeness (QED) is 0.495. The number of rotatable bonds is 1. The molecule has 0 bridgehead atoms. The SMILES string of the molecule is CC(=O)N=C(N)c1ccnn1C(C)=O. The Morgan fingerprint density at radius 1 is 1.50 bits per heavy atom. The minimum atomic E-state index is -0.418. The van der Waals surface area contributed by atoms with E-state index in [9.17, 15) is 9.59 Å². The molecule has 0 aliphatic carbocycles. The van der Waals surface area contributed by atoms with E-state index in [1.807, 2.05) is 0 Å². The molecule has 0 aromatic carbocycles. The fourth-order valence-corrected chi connectivity index (χ4v) is 0.975. The molecule has 0 unspecified atom stereocenters. The Morgan fingerprint density at radius 2 is 2.14 bits per heavy atom. The first-order valence-electron chi connectivity index (χ1n) is 3.92. The van der Waals surface area contributed by atoms with Gasteiger partial charge in [-0.3, -0.25) is 9.59 Å². The summed E-state index contributed by atoms with van der Waals surface area (Å²) in [6.07, 6.45) is 1.42. The minimum Gasteiger partial charge on any atom is -0.382 e. The lowest BCUT2D eigenvalue weighted by Crippen LogP contribution is -2.22. The van der Waals surface area contributed by atoms with E-state index in [1.165, 1.54) is 26.1 Å². The highest BCUT2D eigenvalue weighted by atomic mass is 16.2. The number of carbonyl (C=O) groups excluding carboxylic acids is 2. The van der Waals surface area contributed by atoms with Gasteiger partial charge in [-0.1, -0.05) is 0 Å². The molecule has 0 fully saturated rings. The van der Waals surface area contributed by atoms with E-state index in [1.54, 1.807) is 0 Å². The van der Waals surface area contributed by atoms with Gasteiger partial charge in [0, 0.05) is 13.8 Å². The Hall–Kier alpha value is -1.98. The predicted octanol–water partition coefficient (Wildman–Crippen LogP) is -0.205. The van der Waals surface area contributed by atoms with Gasteiger partial charge < -0.3 is 5.73 Å². The summed E-state index contributed by atoms with van der Waals surface area (Å²) in [5.41, 5.74) is 5.82. The monoisotopic (exact) mass is 194 g/mol. The summed E-state index contributed by atoms with van der Waals surface area (Å²) < 4.78 is 1.09. The van der Waals surface area contributed by atoms with Crippen LogP contribution >= 0.6 is 0 Å². The van der Waals surface area contributed by atoms with E-state index < -0.39 is 5.91 Å². The Morgan fingerprint density at radius 3 is 2.64 bits per heavy atom. The number of nitrogens with zero attached hydrogens (tertiary/aromatic N) is 3. The van der Waals surface area contributed by atoms with Crippen LogP contribution in [0, 0.1) is 0 Å². The zero-order chi connectivity index (χ0) is 10.7. The molecular weight excluding hydrogens is 184 g/mol. The van der Waals surface area contributed by atoms with Crippen LogP contribution < -0.4 is 5.73 Å². The Labute approximate surface area is 80.4 Å². The summed E-state index contributed by atoms with van der Waals surface area (Å²) in [6, 6.07) is 1.52. The molecule has 1 heterocycles. The summed E-state index contributed by atoms with van der Waals surface area (Å²) in [7, 11) is 0. The average Bonchev–Trinajstić information content (AvgIpc) is 2.49. The highest BCUT2D eigenvalue weighted by Crippen LogP contribution is 1.98. The van der Waals surface area contributed by atoms with Crippen molar-refractivity contribution in [1.82, 2.24) is 9.78 Å². The summed E-state index contributed by atoms with van der Waals surface area (Å²) in [4.78, 5) is 25.2. The molecule has 0 atom stereocenters. The van der Waals surface area contributed by atoms with Gasteiger partial charge in [0.2, 0.25) is 11.8 Å². The van der Waals surface area contributed by atoms with Crippen molar-refractivity contribution in [3.63, 3.8) is 0 Å². The molecule has 0 saturated carbocycles. The first-order chi connectivity index (χ1) is 6.52. The Balaban J connectivity index is 3.13. The number of hydrogen-bond acceptors (Lipinski definition) is 3. The topological polar surface area (TPSA) is 90.3 Å². The number of aromatic nitrogens is 2. The van der Waals surface area contributed by atoms with Crippen molar-refractivity contribution in [2.24, 2.45) is 10.7 Å². The van der Waals surface area contributed by atoms with Gasteiger partial charge in [0.15, 0.2) is 5.84 Å². The Bertz CT molecular complexity index is 405. The maximum atomic E-state index is 11.0. The van der Waals surface area contributed by atoms with Gasteiger partial charge in [-0.2, -0.15) is 14.8 Å². The molecule has 1 aromatic heterocycles. The van der Waals surface area contributed by atoms with Gasteiger partial charge in [-0.15, -0.1) is 0 Å². The summed E-state index contributed by atoms with van der Waals surface area (Å²) in [6.45, 7) is 2.62. The van der Waals surface area contributed by atoms with Crippen LogP contribution in [0.1, 0.15) is 24.3 Å². The molecule has 0 radical (unpaired) electrons. The van der Waals surface area contributed by atoms with Crippen molar-refractivity contribution in [1.29, 1.82) is 0 Å². The van der Waals surface area contributed by atoms with Crippen LogP contribution in [0.4, 0.5) is 0 Å². The van der Waals surface area contributed by atoms with Crippen molar-refractivity contribution in [2.45, 2.75) is 13.8 Å². The van der Waals surface area contributed by atoms with E-state index in [2.05, 4.69) is 10.1 Å². The van der Waals surface area contributed by atoms with Crippen molar-refractivity contribution in [2.75, 3.05) is 0 Å². The third kappa shape index (κ3) is 2.03. The van der Waals surface area contributed by atoms with Crippen LogP contribution in [0.25, 0.3) is 0 Å². The highest BCUT2D eigenvalue weighted by Gasteiger charge is 2.09. The van der Waals surface area contributed by atoms with Crippen LogP contribution in [0.5, 0.6) is 0 Å². The van der Waals surface area contributed by atoms with Crippen molar-refractivity contribution in [3.8, 4) is 0 Å². The van der Waals surface area contributed by atoms with E-state index in [0.29, 0.717) is 5.69 Å². The first kappa shape index (κ1) is 10.1. The molecular formula is C8H10N4O2. The second kappa shape index (κ2) is 3.82. The molecule has 14 heavy (non-hydrogen) atoms. The van der Waals surface area contributed by atoms with Crippen molar-refractivity contribution in [3.05, 3.63) is 18.0 Å². The number of amides is 1. The largest absolute Gasteiger partial charge is 0.382 e. The molecule has 0 aliphatic rings. The zero-order valence-corrected chi connectivity index (χ0v) is 7.89. The van der Waals surface area contributed by atoms with Crippen LogP contribution in [-0.2, 0) is 4.79 Å². The number of carbonyl (C=O) groups is 2. The molecule has 6 nitrogen and oxygen atoms in total. The molecule has 2 N–H and O–H groups in total. The summed E-state index contributed by atoms with van der Waals surface area (Å²) >= 11 is 0. The van der Waals surface area contributed by atoms with Crippen LogP contribution in [-0.4, -0.2) is 27.4 Å². The average molecular weight is 194 g/mol. The molecule has 0 saturated heterocycles. The lowest BCUT2D eigenvalue weighted by molar-refractivity contribution is -0.115. The molecule has 1 rings (SSSR count). The molecule has 0 spiro atoms. The van der Waals surface area contributed by atoms with E-state index in [4.69, 9.17) is 5.73 Å². The van der Waals surface area contributed by atoms with Crippen LogP contribution in [0.2, 0.25) is 0 Å². The van der Waals surface area contributed by atoms with Crippen molar-refractivity contribution < 1.29 is 9.59 Å². The lowest BCUT2D eigenvalue weighted by Gasteiger charge is -2.00. The van der Waals surface area contributed by atoms with Gasteiger partial charge in [-0.25, -0.2) is 0 Å². The molecule has 0 aliphatic heterocycles. The maximum absolute atomic E-state index is 11.0. The summed E-state index contributed by atoms with van der Waals surface area (Å²) in [5.74, 6) is -0.712. The third-order valence-electron chi connectivity index (χ3n) is 1.48. The van der Waals surface area contributed by atoms with E-state index >= 15 is 0 Å². The first-order valence-corrected chi connectivity index (χ1v) is 3.92. The fourth-order valence-electron chi connectivity index (χ4n) is 0.975. The maximum Gasteiger partial charge on any atom is 0.244 e. The van der Waals surface area contributed by atoms with Crippen molar-refractivity contribution >= 4 is 17.6 Å². The fraction of sp³-hybridized carbons (Fsp3) is 0.250. The summed E-state index contributed by atoms with van der Waals surface area (Å²) in [5, 5.41) is 3.74. The number of nitrogens with two attached hydrogens (primary N) is 1. The molecule has 74 valence electrons. The second-order valence-electron chi connectivity index (χ2n) is 2.66. The predicted molar refractivity (Wildman–Crippen MR) is 49.9 cm³/mol. The number of aliphatic imine (C=N–C) groups is 1. The van der Waals surface area contributed by atoms with Gasteiger partial charge in [0.25, 0.3) is 0 Å². The number of hydrogen-bond donors (Lipinski definition) is 1. The normalized spacial score (nSPS) is 11.4. The van der Waals surface area contributed by atoms with Gasteiger partial charge in [-0.05, 0) is 6.07 Å². The highest BCUT2D eigenvalue weighted by molar-refractivity contribution is 6.04.